The first-order chi connectivity index (χ1) is 9.72. The molecule has 0 aliphatic rings. The van der Waals surface area contributed by atoms with Gasteiger partial charge >= 0.3 is 0 Å². The van der Waals surface area contributed by atoms with Crippen molar-refractivity contribution >= 4 is 5.91 Å². The summed E-state index contributed by atoms with van der Waals surface area (Å²) in [5.74, 6) is -0.366. The largest absolute Gasteiger partial charge is 0.351 e. The number of aryl methyl sites for hydroxylation is 1. The third kappa shape index (κ3) is 3.42. The molecule has 0 saturated carbocycles. The minimum atomic E-state index is -0.312. The quantitative estimate of drug-likeness (QED) is 0.869. The van der Waals surface area contributed by atoms with Crippen LogP contribution in [0.4, 0.5) is 0 Å². The summed E-state index contributed by atoms with van der Waals surface area (Å²) in [7, 11) is 0. The molecule has 0 bridgehead atoms. The second kappa shape index (κ2) is 6.82. The van der Waals surface area contributed by atoms with Crippen molar-refractivity contribution in [3.8, 4) is 0 Å². The first kappa shape index (κ1) is 14.2. The number of nitrogens with one attached hydrogen (secondary N) is 1. The molecular weight excluding hydrogens is 250 g/mol. The van der Waals surface area contributed by atoms with Crippen LogP contribution in [0.1, 0.15) is 22.6 Å². The highest BCUT2D eigenvalue weighted by Gasteiger charge is 2.18. The van der Waals surface area contributed by atoms with E-state index in [2.05, 4.69) is 10.3 Å². The second-order valence-corrected chi connectivity index (χ2v) is 4.72. The van der Waals surface area contributed by atoms with Crippen LogP contribution in [-0.2, 0) is 11.3 Å². The molecule has 2 rings (SSSR count). The molecule has 2 aromatic rings. The average Bonchev–Trinajstić information content (AvgIpc) is 2.48. The van der Waals surface area contributed by atoms with E-state index in [1.165, 1.54) is 0 Å². The number of pyridine rings is 1. The number of aromatic nitrogens is 1. The van der Waals surface area contributed by atoms with Crippen molar-refractivity contribution < 1.29 is 4.79 Å². The van der Waals surface area contributed by atoms with E-state index >= 15 is 0 Å². The Kier molecular flexibility index (Phi) is 4.85. The fourth-order valence-electron chi connectivity index (χ4n) is 2.07. The molecule has 4 nitrogen and oxygen atoms in total. The Morgan fingerprint density at radius 3 is 2.70 bits per heavy atom. The van der Waals surface area contributed by atoms with Crippen LogP contribution in [0.2, 0.25) is 0 Å². The Balaban J connectivity index is 2.02. The van der Waals surface area contributed by atoms with Crippen molar-refractivity contribution in [1.82, 2.24) is 10.3 Å². The van der Waals surface area contributed by atoms with Crippen LogP contribution in [0.3, 0.4) is 0 Å². The van der Waals surface area contributed by atoms with E-state index < -0.39 is 0 Å². The predicted octanol–water partition coefficient (Wildman–Crippen LogP) is 1.75. The van der Waals surface area contributed by atoms with E-state index in [9.17, 15) is 4.79 Å². The lowest BCUT2D eigenvalue weighted by atomic mass is 9.98. The van der Waals surface area contributed by atoms with Gasteiger partial charge in [0.25, 0.3) is 0 Å². The molecule has 1 aromatic heterocycles. The minimum absolute atomic E-state index is 0.0537. The molecule has 1 heterocycles. The highest BCUT2D eigenvalue weighted by atomic mass is 16.1. The standard InChI is InChI=1S/C16H19N3O/c1-12-7-8-18-10-14(12)11-19-16(20)15(9-17)13-5-3-2-4-6-13/h2-8,10,15H,9,11,17H2,1H3,(H,19,20). The zero-order valence-corrected chi connectivity index (χ0v) is 11.5. The number of rotatable bonds is 5. The van der Waals surface area contributed by atoms with Crippen molar-refractivity contribution in [1.29, 1.82) is 0 Å². The van der Waals surface area contributed by atoms with Gasteiger partial charge in [-0.1, -0.05) is 30.3 Å². The van der Waals surface area contributed by atoms with Gasteiger partial charge in [0.2, 0.25) is 5.91 Å². The summed E-state index contributed by atoms with van der Waals surface area (Å²) in [6.45, 7) is 2.77. The molecule has 1 amide bonds. The molecule has 0 fully saturated rings. The third-order valence-electron chi connectivity index (χ3n) is 3.35. The Morgan fingerprint density at radius 1 is 1.30 bits per heavy atom. The van der Waals surface area contributed by atoms with Gasteiger partial charge in [-0.05, 0) is 29.7 Å². The molecule has 1 unspecified atom stereocenters. The van der Waals surface area contributed by atoms with Crippen molar-refractivity contribution in [3.63, 3.8) is 0 Å². The van der Waals surface area contributed by atoms with Crippen LogP contribution in [0.5, 0.6) is 0 Å². The first-order valence-corrected chi connectivity index (χ1v) is 6.64. The van der Waals surface area contributed by atoms with Gasteiger partial charge in [0.15, 0.2) is 0 Å². The number of benzene rings is 1. The van der Waals surface area contributed by atoms with E-state index in [0.717, 1.165) is 16.7 Å². The maximum Gasteiger partial charge on any atom is 0.229 e. The molecular formula is C16H19N3O. The van der Waals surface area contributed by atoms with Crippen LogP contribution < -0.4 is 11.1 Å². The van der Waals surface area contributed by atoms with Gasteiger partial charge in [0.05, 0.1) is 5.92 Å². The zero-order chi connectivity index (χ0) is 14.4. The third-order valence-corrected chi connectivity index (χ3v) is 3.35. The molecule has 0 aliphatic carbocycles. The molecule has 3 N–H and O–H groups in total. The fraction of sp³-hybridized carbons (Fsp3) is 0.250. The second-order valence-electron chi connectivity index (χ2n) is 4.72. The van der Waals surface area contributed by atoms with Crippen LogP contribution in [-0.4, -0.2) is 17.4 Å². The zero-order valence-electron chi connectivity index (χ0n) is 11.5. The molecule has 4 heteroatoms. The highest BCUT2D eigenvalue weighted by molar-refractivity contribution is 5.83. The summed E-state index contributed by atoms with van der Waals surface area (Å²) in [5.41, 5.74) is 8.80. The minimum Gasteiger partial charge on any atom is -0.351 e. The van der Waals surface area contributed by atoms with E-state index in [-0.39, 0.29) is 11.8 Å². The van der Waals surface area contributed by atoms with Crippen LogP contribution in [0.15, 0.2) is 48.8 Å². The molecule has 0 radical (unpaired) electrons. The number of nitrogens with two attached hydrogens (primary N) is 1. The summed E-state index contributed by atoms with van der Waals surface area (Å²) in [5, 5.41) is 2.93. The van der Waals surface area contributed by atoms with Gasteiger partial charge in [-0.3, -0.25) is 9.78 Å². The predicted molar refractivity (Wildman–Crippen MR) is 79.1 cm³/mol. The molecule has 0 aliphatic heterocycles. The fourth-order valence-corrected chi connectivity index (χ4v) is 2.07. The Morgan fingerprint density at radius 2 is 2.05 bits per heavy atom. The van der Waals surface area contributed by atoms with Gasteiger partial charge in [-0.15, -0.1) is 0 Å². The molecule has 1 aromatic carbocycles. The number of carbonyl (C=O) groups is 1. The smallest absolute Gasteiger partial charge is 0.229 e. The number of hydrogen-bond acceptors (Lipinski definition) is 3. The normalized spacial score (nSPS) is 11.9. The maximum absolute atomic E-state index is 12.2. The number of nitrogens with zero attached hydrogens (tertiary/aromatic N) is 1. The number of amides is 1. The van der Waals surface area contributed by atoms with Crippen LogP contribution in [0.25, 0.3) is 0 Å². The summed E-state index contributed by atoms with van der Waals surface area (Å²) >= 11 is 0. The summed E-state index contributed by atoms with van der Waals surface area (Å²) in [6, 6.07) is 11.5. The summed E-state index contributed by atoms with van der Waals surface area (Å²) in [6.07, 6.45) is 3.52. The lowest BCUT2D eigenvalue weighted by Gasteiger charge is -2.15. The Hall–Kier alpha value is -2.20. The van der Waals surface area contributed by atoms with Gasteiger partial charge in [0, 0.05) is 25.5 Å². The lowest BCUT2D eigenvalue weighted by Crippen LogP contribution is -2.33. The van der Waals surface area contributed by atoms with Gasteiger partial charge in [-0.2, -0.15) is 0 Å². The SMILES string of the molecule is Cc1ccncc1CNC(=O)C(CN)c1ccccc1. The van der Waals surface area contributed by atoms with Gasteiger partial charge < -0.3 is 11.1 Å². The van der Waals surface area contributed by atoms with E-state index in [0.29, 0.717) is 13.1 Å². The lowest BCUT2D eigenvalue weighted by molar-refractivity contribution is -0.122. The number of hydrogen-bond donors (Lipinski definition) is 2. The van der Waals surface area contributed by atoms with Crippen LogP contribution >= 0.6 is 0 Å². The summed E-state index contributed by atoms with van der Waals surface area (Å²) < 4.78 is 0. The van der Waals surface area contributed by atoms with Crippen molar-refractivity contribution in [3.05, 3.63) is 65.5 Å². The monoisotopic (exact) mass is 269 g/mol. The molecule has 104 valence electrons. The van der Waals surface area contributed by atoms with Crippen molar-refractivity contribution in [2.45, 2.75) is 19.4 Å². The van der Waals surface area contributed by atoms with E-state index in [1.54, 1.807) is 12.4 Å². The molecule has 0 saturated heterocycles. The Bertz CT molecular complexity index is 569. The van der Waals surface area contributed by atoms with E-state index in [4.69, 9.17) is 5.73 Å². The molecule has 20 heavy (non-hydrogen) atoms. The average molecular weight is 269 g/mol. The van der Waals surface area contributed by atoms with Crippen LogP contribution in [0, 0.1) is 6.92 Å². The highest BCUT2D eigenvalue weighted by Crippen LogP contribution is 2.14. The van der Waals surface area contributed by atoms with Gasteiger partial charge in [0.1, 0.15) is 0 Å². The number of carbonyl (C=O) groups excluding carboxylic acids is 1. The first-order valence-electron chi connectivity index (χ1n) is 6.64. The summed E-state index contributed by atoms with van der Waals surface area (Å²) in [4.78, 5) is 16.3. The Labute approximate surface area is 119 Å². The molecule has 0 spiro atoms. The van der Waals surface area contributed by atoms with E-state index in [1.807, 2.05) is 43.3 Å². The van der Waals surface area contributed by atoms with Gasteiger partial charge in [-0.25, -0.2) is 0 Å². The topological polar surface area (TPSA) is 68.0 Å². The van der Waals surface area contributed by atoms with Crippen molar-refractivity contribution in [2.75, 3.05) is 6.54 Å². The maximum atomic E-state index is 12.2. The molecule has 1 atom stereocenters. The van der Waals surface area contributed by atoms with Crippen molar-refractivity contribution in [2.24, 2.45) is 5.73 Å².